The van der Waals surface area contributed by atoms with Crippen LogP contribution in [0, 0.1) is 0 Å². The van der Waals surface area contributed by atoms with Crippen LogP contribution in [0.1, 0.15) is 30.0 Å². The second-order valence-electron chi connectivity index (χ2n) is 5.89. The molecule has 0 spiro atoms. The Bertz CT molecular complexity index is 610. The summed E-state index contributed by atoms with van der Waals surface area (Å²) in [7, 11) is 2.17. The Hall–Kier alpha value is -1.85. The molecule has 0 bridgehead atoms. The van der Waals surface area contributed by atoms with E-state index < -0.39 is 0 Å². The summed E-state index contributed by atoms with van der Waals surface area (Å²) in [5, 5.41) is 16.9. The molecule has 2 heterocycles. The van der Waals surface area contributed by atoms with E-state index in [2.05, 4.69) is 46.6 Å². The molecule has 0 amide bonds. The van der Waals surface area contributed by atoms with Gasteiger partial charge in [0.1, 0.15) is 0 Å². The van der Waals surface area contributed by atoms with Crippen molar-refractivity contribution < 1.29 is 5.11 Å². The maximum absolute atomic E-state index is 8.95. The molecule has 1 aromatic heterocycles. The highest BCUT2D eigenvalue weighted by molar-refractivity contribution is 5.55. The SMILES string of the molecule is CN1CCCC(NCc2cnn(CCO)c2)c2ccccc21. The lowest BCUT2D eigenvalue weighted by atomic mass is 10.0. The van der Waals surface area contributed by atoms with Gasteiger partial charge in [0.2, 0.25) is 0 Å². The number of aromatic nitrogens is 2. The number of para-hydroxylation sites is 1. The third-order valence-electron chi connectivity index (χ3n) is 4.28. The minimum atomic E-state index is 0.122. The highest BCUT2D eigenvalue weighted by atomic mass is 16.3. The number of aliphatic hydroxyl groups is 1. The van der Waals surface area contributed by atoms with Gasteiger partial charge in [-0.3, -0.25) is 4.68 Å². The van der Waals surface area contributed by atoms with E-state index in [1.54, 1.807) is 4.68 Å². The average molecular weight is 300 g/mol. The number of hydrogen-bond acceptors (Lipinski definition) is 4. The van der Waals surface area contributed by atoms with E-state index in [4.69, 9.17) is 5.11 Å². The van der Waals surface area contributed by atoms with Gasteiger partial charge in [-0.1, -0.05) is 18.2 Å². The predicted molar refractivity (Wildman–Crippen MR) is 87.8 cm³/mol. The number of nitrogens with zero attached hydrogens (tertiary/aromatic N) is 3. The monoisotopic (exact) mass is 300 g/mol. The van der Waals surface area contributed by atoms with E-state index in [0.717, 1.165) is 25.1 Å². The zero-order chi connectivity index (χ0) is 15.4. The fourth-order valence-electron chi connectivity index (χ4n) is 3.11. The van der Waals surface area contributed by atoms with E-state index in [1.165, 1.54) is 17.7 Å². The summed E-state index contributed by atoms with van der Waals surface area (Å²) in [4.78, 5) is 2.34. The van der Waals surface area contributed by atoms with E-state index in [9.17, 15) is 0 Å². The Morgan fingerprint density at radius 3 is 3.09 bits per heavy atom. The minimum absolute atomic E-state index is 0.122. The molecular formula is C17H24N4O. The molecule has 2 aromatic rings. The van der Waals surface area contributed by atoms with Gasteiger partial charge in [0.05, 0.1) is 19.3 Å². The fourth-order valence-corrected chi connectivity index (χ4v) is 3.11. The summed E-state index contributed by atoms with van der Waals surface area (Å²) in [6.07, 6.45) is 6.20. The zero-order valence-electron chi connectivity index (χ0n) is 13.1. The minimum Gasteiger partial charge on any atom is -0.394 e. The normalized spacial score (nSPS) is 18.1. The van der Waals surface area contributed by atoms with E-state index >= 15 is 0 Å². The number of rotatable bonds is 5. The molecule has 118 valence electrons. The number of fused-ring (bicyclic) bond motifs is 1. The number of nitrogens with one attached hydrogen (secondary N) is 1. The number of aliphatic hydroxyl groups excluding tert-OH is 1. The summed E-state index contributed by atoms with van der Waals surface area (Å²) in [5.41, 5.74) is 3.86. The molecule has 5 heteroatoms. The van der Waals surface area contributed by atoms with Gasteiger partial charge in [0.15, 0.2) is 0 Å². The molecule has 1 aliphatic heterocycles. The first kappa shape index (κ1) is 15.1. The van der Waals surface area contributed by atoms with Crippen LogP contribution in [0.15, 0.2) is 36.7 Å². The molecule has 1 atom stereocenters. The Balaban J connectivity index is 1.70. The number of benzene rings is 1. The van der Waals surface area contributed by atoms with Gasteiger partial charge in [-0.05, 0) is 24.5 Å². The van der Waals surface area contributed by atoms with Crippen molar-refractivity contribution in [2.75, 3.05) is 25.1 Å². The smallest absolute Gasteiger partial charge is 0.0640 e. The van der Waals surface area contributed by atoms with Gasteiger partial charge in [-0.25, -0.2) is 0 Å². The molecule has 0 saturated heterocycles. The molecule has 1 aliphatic rings. The third-order valence-corrected chi connectivity index (χ3v) is 4.28. The van der Waals surface area contributed by atoms with Crippen LogP contribution in [0.4, 0.5) is 5.69 Å². The highest BCUT2D eigenvalue weighted by Crippen LogP contribution is 2.32. The molecule has 3 rings (SSSR count). The maximum atomic E-state index is 8.95. The molecule has 0 fully saturated rings. The first-order chi connectivity index (χ1) is 10.8. The predicted octanol–water partition coefficient (Wildman–Crippen LogP) is 1.94. The van der Waals surface area contributed by atoms with Crippen LogP contribution in [-0.4, -0.2) is 35.1 Å². The zero-order valence-corrected chi connectivity index (χ0v) is 13.1. The average Bonchev–Trinajstić information content (AvgIpc) is 2.91. The second kappa shape index (κ2) is 6.94. The summed E-state index contributed by atoms with van der Waals surface area (Å²) in [6.45, 7) is 2.58. The van der Waals surface area contributed by atoms with Gasteiger partial charge in [-0.2, -0.15) is 5.10 Å². The highest BCUT2D eigenvalue weighted by Gasteiger charge is 2.20. The Labute approximate surface area is 131 Å². The molecule has 2 N–H and O–H groups in total. The van der Waals surface area contributed by atoms with Crippen molar-refractivity contribution in [3.8, 4) is 0 Å². The van der Waals surface area contributed by atoms with Crippen LogP contribution >= 0.6 is 0 Å². The largest absolute Gasteiger partial charge is 0.394 e. The Morgan fingerprint density at radius 1 is 1.36 bits per heavy atom. The van der Waals surface area contributed by atoms with Crippen molar-refractivity contribution >= 4 is 5.69 Å². The summed E-state index contributed by atoms with van der Waals surface area (Å²) >= 11 is 0. The van der Waals surface area contributed by atoms with Crippen LogP contribution in [0.25, 0.3) is 0 Å². The Kier molecular flexibility index (Phi) is 4.75. The number of hydrogen-bond donors (Lipinski definition) is 2. The van der Waals surface area contributed by atoms with Gasteiger partial charge in [0.25, 0.3) is 0 Å². The molecular weight excluding hydrogens is 276 g/mol. The van der Waals surface area contributed by atoms with Crippen LogP contribution < -0.4 is 10.2 Å². The quantitative estimate of drug-likeness (QED) is 0.886. The number of anilines is 1. The lowest BCUT2D eigenvalue weighted by molar-refractivity contribution is 0.269. The van der Waals surface area contributed by atoms with Crippen molar-refractivity contribution in [1.29, 1.82) is 0 Å². The van der Waals surface area contributed by atoms with Crippen molar-refractivity contribution in [2.24, 2.45) is 0 Å². The molecule has 0 radical (unpaired) electrons. The fraction of sp³-hybridized carbons (Fsp3) is 0.471. The maximum Gasteiger partial charge on any atom is 0.0640 e. The first-order valence-corrected chi connectivity index (χ1v) is 7.93. The Morgan fingerprint density at radius 2 is 2.23 bits per heavy atom. The topological polar surface area (TPSA) is 53.3 Å². The molecule has 0 saturated carbocycles. The molecule has 1 unspecified atom stereocenters. The second-order valence-corrected chi connectivity index (χ2v) is 5.89. The van der Waals surface area contributed by atoms with Gasteiger partial charge in [-0.15, -0.1) is 0 Å². The van der Waals surface area contributed by atoms with Crippen molar-refractivity contribution in [2.45, 2.75) is 32.0 Å². The van der Waals surface area contributed by atoms with Gasteiger partial charge >= 0.3 is 0 Å². The molecule has 22 heavy (non-hydrogen) atoms. The van der Waals surface area contributed by atoms with Crippen LogP contribution in [0.3, 0.4) is 0 Å². The van der Waals surface area contributed by atoms with Crippen molar-refractivity contribution in [3.63, 3.8) is 0 Å². The van der Waals surface area contributed by atoms with E-state index in [-0.39, 0.29) is 6.61 Å². The van der Waals surface area contributed by atoms with Crippen LogP contribution in [-0.2, 0) is 13.1 Å². The lowest BCUT2D eigenvalue weighted by Gasteiger charge is -2.22. The molecule has 5 nitrogen and oxygen atoms in total. The van der Waals surface area contributed by atoms with Gasteiger partial charge < -0.3 is 15.3 Å². The third kappa shape index (κ3) is 3.31. The van der Waals surface area contributed by atoms with Crippen LogP contribution in [0.5, 0.6) is 0 Å². The van der Waals surface area contributed by atoms with Crippen molar-refractivity contribution in [3.05, 3.63) is 47.8 Å². The first-order valence-electron chi connectivity index (χ1n) is 7.93. The van der Waals surface area contributed by atoms with E-state index in [1.807, 2.05) is 12.4 Å². The standard InChI is InChI=1S/C17H24N4O/c1-20-8-4-6-16(15-5-2-3-7-17(15)20)18-11-14-12-19-21(13-14)9-10-22/h2-3,5,7,12-13,16,18,22H,4,6,8-11H2,1H3. The van der Waals surface area contributed by atoms with Gasteiger partial charge in [0, 0.05) is 43.6 Å². The summed E-state index contributed by atoms with van der Waals surface area (Å²) in [5.74, 6) is 0. The van der Waals surface area contributed by atoms with Crippen molar-refractivity contribution in [1.82, 2.24) is 15.1 Å². The molecule has 0 aliphatic carbocycles. The van der Waals surface area contributed by atoms with Crippen LogP contribution in [0.2, 0.25) is 0 Å². The summed E-state index contributed by atoms with van der Waals surface area (Å²) in [6, 6.07) is 9.03. The summed E-state index contributed by atoms with van der Waals surface area (Å²) < 4.78 is 1.78. The van der Waals surface area contributed by atoms with E-state index in [0.29, 0.717) is 12.6 Å². The molecule has 1 aromatic carbocycles. The lowest BCUT2D eigenvalue weighted by Crippen LogP contribution is -2.21.